The van der Waals surface area contributed by atoms with Crippen molar-refractivity contribution < 1.29 is 19.6 Å². The first-order chi connectivity index (χ1) is 11.4. The van der Waals surface area contributed by atoms with Crippen molar-refractivity contribution >= 4 is 29.4 Å². The van der Waals surface area contributed by atoms with E-state index in [0.717, 1.165) is 6.07 Å². The van der Waals surface area contributed by atoms with E-state index < -0.39 is 22.3 Å². The van der Waals surface area contributed by atoms with Crippen molar-refractivity contribution in [2.24, 2.45) is 5.10 Å². The quantitative estimate of drug-likeness (QED) is 0.504. The molecule has 1 N–H and O–H groups in total. The summed E-state index contributed by atoms with van der Waals surface area (Å²) in [5, 5.41) is 26.8. The van der Waals surface area contributed by atoms with Crippen molar-refractivity contribution in [1.82, 2.24) is 5.43 Å². The smallest absolute Gasteiger partial charge is 0.271 e. The predicted molar refractivity (Wildman–Crippen MR) is 85.6 cm³/mol. The molecule has 1 amide bonds. The van der Waals surface area contributed by atoms with Crippen LogP contribution in [0.1, 0.15) is 15.9 Å². The minimum absolute atomic E-state index is 0.185. The minimum atomic E-state index is -0.829. The second kappa shape index (κ2) is 7.42. The second-order valence-electron chi connectivity index (χ2n) is 4.53. The number of carbonyl (C=O) groups excluding carboxylic acids is 1. The highest BCUT2D eigenvalue weighted by Crippen LogP contribution is 2.33. The van der Waals surface area contributed by atoms with E-state index in [1.807, 2.05) is 0 Å². The number of hydrazone groups is 1. The number of nitro groups is 1. The van der Waals surface area contributed by atoms with Gasteiger partial charge in [-0.25, -0.2) is 5.43 Å². The number of halogens is 1. The average molecular weight is 349 g/mol. The molecule has 0 aliphatic heterocycles. The number of hydrogen-bond acceptors (Lipinski definition) is 6. The Morgan fingerprint density at radius 2 is 2.00 bits per heavy atom. The lowest BCUT2D eigenvalue weighted by atomic mass is 10.2. The predicted octanol–water partition coefficient (Wildman–Crippen LogP) is 2.09. The molecule has 124 valence electrons. The second-order valence-corrected chi connectivity index (χ2v) is 4.97. The number of benzene rings is 2. The van der Waals surface area contributed by atoms with Gasteiger partial charge in [0.15, 0.2) is 0 Å². The van der Waals surface area contributed by atoms with Crippen molar-refractivity contribution in [3.05, 3.63) is 62.7 Å². The third-order valence-corrected chi connectivity index (χ3v) is 3.21. The molecule has 0 bridgehead atoms. The monoisotopic (exact) mass is 348 g/mol. The molecule has 0 saturated carbocycles. The highest BCUT2D eigenvalue weighted by molar-refractivity contribution is 6.30. The van der Waals surface area contributed by atoms with Gasteiger partial charge in [-0.1, -0.05) is 11.6 Å². The molecule has 0 aliphatic carbocycles. The summed E-state index contributed by atoms with van der Waals surface area (Å²) in [5.74, 6) is -1.50. The summed E-state index contributed by atoms with van der Waals surface area (Å²) in [4.78, 5) is 21.9. The van der Waals surface area contributed by atoms with Gasteiger partial charge in [-0.3, -0.25) is 14.9 Å². The number of hydrogen-bond donors (Lipinski definition) is 1. The van der Waals surface area contributed by atoms with Crippen LogP contribution in [0.2, 0.25) is 5.02 Å². The van der Waals surface area contributed by atoms with Crippen molar-refractivity contribution in [3.63, 3.8) is 0 Å². The van der Waals surface area contributed by atoms with Crippen LogP contribution in [0.5, 0.6) is 11.5 Å². The molecule has 8 nitrogen and oxygen atoms in total. The van der Waals surface area contributed by atoms with Gasteiger partial charge in [0.1, 0.15) is 5.75 Å². The van der Waals surface area contributed by atoms with E-state index in [2.05, 4.69) is 10.5 Å². The van der Waals surface area contributed by atoms with Gasteiger partial charge in [-0.15, -0.1) is 0 Å². The van der Waals surface area contributed by atoms with Gasteiger partial charge in [0.05, 0.1) is 18.2 Å². The Morgan fingerprint density at radius 1 is 1.33 bits per heavy atom. The van der Waals surface area contributed by atoms with E-state index >= 15 is 0 Å². The summed E-state index contributed by atoms with van der Waals surface area (Å²) in [6, 6.07) is 8.49. The zero-order valence-corrected chi connectivity index (χ0v) is 13.1. The zero-order chi connectivity index (χ0) is 17.7. The molecule has 0 radical (unpaired) electrons. The normalized spacial score (nSPS) is 10.6. The van der Waals surface area contributed by atoms with Gasteiger partial charge >= 0.3 is 0 Å². The van der Waals surface area contributed by atoms with Crippen LogP contribution in [-0.2, 0) is 0 Å². The number of rotatable bonds is 5. The number of nitrogens with one attached hydrogen (secondary N) is 1. The number of ether oxygens (including phenoxy) is 1. The molecule has 0 aliphatic rings. The molecule has 2 aromatic rings. The number of carbonyl (C=O) groups is 1. The van der Waals surface area contributed by atoms with E-state index in [1.54, 1.807) is 12.1 Å². The first-order valence-electron chi connectivity index (χ1n) is 6.54. The van der Waals surface area contributed by atoms with E-state index in [9.17, 15) is 20.0 Å². The summed E-state index contributed by atoms with van der Waals surface area (Å²) in [6.07, 6.45) is 1.17. The SMILES string of the molecule is COc1cc(/C=N/NC(=O)c2ccc(Cl)cc2)cc([N+](=O)[O-])c1[O-]. The largest absolute Gasteiger partial charge is 0.865 e. The molecule has 2 rings (SSSR count). The highest BCUT2D eigenvalue weighted by Gasteiger charge is 2.12. The van der Waals surface area contributed by atoms with Gasteiger partial charge in [0.25, 0.3) is 11.6 Å². The fourth-order valence-electron chi connectivity index (χ4n) is 1.80. The van der Waals surface area contributed by atoms with Crippen LogP contribution in [0.3, 0.4) is 0 Å². The molecule has 0 heterocycles. The van der Waals surface area contributed by atoms with Gasteiger partial charge in [0, 0.05) is 28.0 Å². The molecule has 2 aromatic carbocycles. The number of methoxy groups -OCH3 is 1. The maximum absolute atomic E-state index is 11.8. The van der Waals surface area contributed by atoms with E-state index in [1.165, 1.54) is 31.5 Å². The summed E-state index contributed by atoms with van der Waals surface area (Å²) in [5.41, 5.74) is 2.20. The summed E-state index contributed by atoms with van der Waals surface area (Å²) in [6.45, 7) is 0. The molecular formula is C15H11ClN3O5-. The Kier molecular flexibility index (Phi) is 5.33. The molecular weight excluding hydrogens is 338 g/mol. The Morgan fingerprint density at radius 3 is 2.58 bits per heavy atom. The third-order valence-electron chi connectivity index (χ3n) is 2.96. The fraction of sp³-hybridized carbons (Fsp3) is 0.0667. The van der Waals surface area contributed by atoms with E-state index in [-0.39, 0.29) is 11.3 Å². The van der Waals surface area contributed by atoms with Crippen molar-refractivity contribution in [2.45, 2.75) is 0 Å². The van der Waals surface area contributed by atoms with Crippen LogP contribution < -0.4 is 15.3 Å². The van der Waals surface area contributed by atoms with E-state index in [4.69, 9.17) is 16.3 Å². The van der Waals surface area contributed by atoms with Gasteiger partial charge in [0.2, 0.25) is 0 Å². The van der Waals surface area contributed by atoms with Gasteiger partial charge < -0.3 is 9.84 Å². The lowest BCUT2D eigenvalue weighted by Crippen LogP contribution is -2.17. The van der Waals surface area contributed by atoms with Gasteiger partial charge in [-0.2, -0.15) is 5.10 Å². The summed E-state index contributed by atoms with van der Waals surface area (Å²) >= 11 is 5.73. The lowest BCUT2D eigenvalue weighted by Gasteiger charge is -2.12. The highest BCUT2D eigenvalue weighted by atomic mass is 35.5. The standard InChI is InChI=1S/C15H12ClN3O5/c1-24-13-7-9(6-12(14(13)20)19(22)23)8-17-18-15(21)10-2-4-11(16)5-3-10/h2-8,20H,1H3,(H,18,21)/p-1/b17-8+. The first-order valence-corrected chi connectivity index (χ1v) is 6.92. The molecule has 0 atom stereocenters. The van der Waals surface area contributed by atoms with Crippen molar-refractivity contribution in [1.29, 1.82) is 0 Å². The molecule has 9 heteroatoms. The van der Waals surface area contributed by atoms with E-state index in [0.29, 0.717) is 10.6 Å². The van der Waals surface area contributed by atoms with Gasteiger partial charge in [-0.05, 0) is 30.3 Å². The molecule has 0 fully saturated rings. The number of amides is 1. The number of nitro benzene ring substituents is 1. The molecule has 0 aromatic heterocycles. The maximum atomic E-state index is 11.8. The topological polar surface area (TPSA) is 117 Å². The summed E-state index contributed by atoms with van der Waals surface area (Å²) in [7, 11) is 1.23. The zero-order valence-electron chi connectivity index (χ0n) is 12.4. The maximum Gasteiger partial charge on any atom is 0.271 e. The van der Waals surface area contributed by atoms with Crippen LogP contribution in [-0.4, -0.2) is 24.2 Å². The van der Waals surface area contributed by atoms with Crippen molar-refractivity contribution in [3.8, 4) is 11.5 Å². The van der Waals surface area contributed by atoms with Crippen LogP contribution in [0.4, 0.5) is 5.69 Å². The van der Waals surface area contributed by atoms with Crippen LogP contribution in [0.25, 0.3) is 0 Å². The molecule has 0 spiro atoms. The molecule has 0 unspecified atom stereocenters. The Bertz CT molecular complexity index is 806. The fourth-order valence-corrected chi connectivity index (χ4v) is 1.93. The molecule has 24 heavy (non-hydrogen) atoms. The third kappa shape index (κ3) is 3.99. The Hall–Kier alpha value is -3.13. The molecule has 0 saturated heterocycles. The summed E-state index contributed by atoms with van der Waals surface area (Å²) < 4.78 is 4.81. The van der Waals surface area contributed by atoms with Crippen LogP contribution >= 0.6 is 11.6 Å². The number of nitrogens with zero attached hydrogens (tertiary/aromatic N) is 2. The van der Waals surface area contributed by atoms with Crippen LogP contribution in [0.15, 0.2) is 41.5 Å². The van der Waals surface area contributed by atoms with Crippen molar-refractivity contribution in [2.75, 3.05) is 7.11 Å². The Labute approximate surface area is 141 Å². The minimum Gasteiger partial charge on any atom is -0.865 e. The Balaban J connectivity index is 2.16. The lowest BCUT2D eigenvalue weighted by molar-refractivity contribution is -0.398. The van der Waals surface area contributed by atoms with Crippen LogP contribution in [0, 0.1) is 10.1 Å². The average Bonchev–Trinajstić information content (AvgIpc) is 2.56. The first kappa shape index (κ1) is 17.2.